The molecule has 0 aliphatic heterocycles. The van der Waals surface area contributed by atoms with E-state index < -0.39 is 27.8 Å². The van der Waals surface area contributed by atoms with Crippen molar-refractivity contribution < 1.29 is 18.9 Å². The summed E-state index contributed by atoms with van der Waals surface area (Å²) in [5.74, 6) is -1.72. The van der Waals surface area contributed by atoms with Gasteiger partial charge in [-0.15, -0.1) is 0 Å². The van der Waals surface area contributed by atoms with Crippen LogP contribution in [0.4, 0.5) is 5.69 Å². The first-order chi connectivity index (χ1) is 9.06. The molecule has 0 amide bonds. The predicted octanol–water partition coefficient (Wildman–Crippen LogP) is 1.88. The third kappa shape index (κ3) is 2.17. The van der Waals surface area contributed by atoms with Gasteiger partial charge in [0, 0.05) is 0 Å². The van der Waals surface area contributed by atoms with Crippen LogP contribution in [0.3, 0.4) is 0 Å². The van der Waals surface area contributed by atoms with Crippen LogP contribution < -0.4 is 5.43 Å². The standard InChI is InChI=1S/C12H9NO6/c1-2-18-12(15)11-9(13(16)17)10(14)7-5-3-4-6-8(7)19-11/h3-6H,2H2,1H3. The Labute approximate surface area is 106 Å². The van der Waals surface area contributed by atoms with Crippen LogP contribution in [0.2, 0.25) is 0 Å². The zero-order valence-electron chi connectivity index (χ0n) is 9.91. The predicted molar refractivity (Wildman–Crippen MR) is 65.1 cm³/mol. The van der Waals surface area contributed by atoms with Crippen LogP contribution in [-0.2, 0) is 4.74 Å². The number of esters is 1. The van der Waals surface area contributed by atoms with Crippen LogP contribution in [0.1, 0.15) is 17.5 Å². The number of carbonyl (C=O) groups excluding carboxylic acids is 1. The van der Waals surface area contributed by atoms with Crippen LogP contribution in [0.25, 0.3) is 11.0 Å². The zero-order chi connectivity index (χ0) is 14.0. The summed E-state index contributed by atoms with van der Waals surface area (Å²) in [6.07, 6.45) is 0. The maximum absolute atomic E-state index is 12.0. The van der Waals surface area contributed by atoms with Gasteiger partial charge in [0.05, 0.1) is 16.9 Å². The molecule has 2 rings (SSSR count). The van der Waals surface area contributed by atoms with Crippen LogP contribution in [-0.4, -0.2) is 17.5 Å². The number of hydrogen-bond donors (Lipinski definition) is 0. The Morgan fingerprint density at radius 3 is 2.74 bits per heavy atom. The minimum absolute atomic E-state index is 0.0204. The van der Waals surface area contributed by atoms with Crippen molar-refractivity contribution in [2.75, 3.05) is 6.61 Å². The van der Waals surface area contributed by atoms with Gasteiger partial charge >= 0.3 is 11.7 Å². The van der Waals surface area contributed by atoms with Crippen molar-refractivity contribution in [2.45, 2.75) is 6.92 Å². The maximum Gasteiger partial charge on any atom is 0.381 e. The Bertz CT molecular complexity index is 718. The number of nitrogens with zero attached hydrogens (tertiary/aromatic N) is 1. The van der Waals surface area contributed by atoms with E-state index in [4.69, 9.17) is 4.42 Å². The fourth-order valence-electron chi connectivity index (χ4n) is 1.63. The number of benzene rings is 1. The van der Waals surface area contributed by atoms with Crippen molar-refractivity contribution in [3.05, 3.63) is 50.4 Å². The summed E-state index contributed by atoms with van der Waals surface area (Å²) in [7, 11) is 0. The van der Waals surface area contributed by atoms with Crippen LogP contribution in [0.15, 0.2) is 33.5 Å². The molecule has 0 saturated heterocycles. The second-order valence-electron chi connectivity index (χ2n) is 3.58. The molecule has 98 valence electrons. The molecule has 7 nitrogen and oxygen atoms in total. The Morgan fingerprint density at radius 2 is 2.11 bits per heavy atom. The largest absolute Gasteiger partial charge is 0.460 e. The van der Waals surface area contributed by atoms with Crippen LogP contribution in [0.5, 0.6) is 0 Å². The quantitative estimate of drug-likeness (QED) is 0.476. The molecule has 19 heavy (non-hydrogen) atoms. The van der Waals surface area contributed by atoms with Gasteiger partial charge in [0.25, 0.3) is 11.2 Å². The van der Waals surface area contributed by atoms with E-state index in [0.717, 1.165) is 0 Å². The van der Waals surface area contributed by atoms with Crippen molar-refractivity contribution in [1.29, 1.82) is 0 Å². The Hall–Kier alpha value is -2.70. The Morgan fingerprint density at radius 1 is 1.42 bits per heavy atom. The lowest BCUT2D eigenvalue weighted by molar-refractivity contribution is -0.387. The average Bonchev–Trinajstić information content (AvgIpc) is 2.38. The number of para-hydroxylation sites is 1. The van der Waals surface area contributed by atoms with Gasteiger partial charge in [-0.3, -0.25) is 14.9 Å². The average molecular weight is 263 g/mol. The van der Waals surface area contributed by atoms with Crippen molar-refractivity contribution in [3.63, 3.8) is 0 Å². The van der Waals surface area contributed by atoms with Gasteiger partial charge in [0.2, 0.25) is 0 Å². The highest BCUT2D eigenvalue weighted by Gasteiger charge is 2.30. The summed E-state index contributed by atoms with van der Waals surface area (Å²) in [5, 5.41) is 11.0. The molecule has 0 N–H and O–H groups in total. The zero-order valence-corrected chi connectivity index (χ0v) is 9.91. The maximum atomic E-state index is 12.0. The van der Waals surface area contributed by atoms with Crippen LogP contribution in [0, 0.1) is 10.1 Å². The number of fused-ring (bicyclic) bond motifs is 1. The van der Waals surface area contributed by atoms with Gasteiger partial charge in [-0.25, -0.2) is 4.79 Å². The van der Waals surface area contributed by atoms with Crippen molar-refractivity contribution in [1.82, 2.24) is 0 Å². The number of carbonyl (C=O) groups is 1. The summed E-state index contributed by atoms with van der Waals surface area (Å²) >= 11 is 0. The molecule has 1 aromatic heterocycles. The first-order valence-electron chi connectivity index (χ1n) is 5.43. The monoisotopic (exact) mass is 263 g/mol. The minimum atomic E-state index is -1.03. The van der Waals surface area contributed by atoms with E-state index in [2.05, 4.69) is 4.74 Å². The SMILES string of the molecule is CCOC(=O)c1oc2ccccc2c(=O)c1[N+](=O)[O-]. The van der Waals surface area contributed by atoms with E-state index in [1.54, 1.807) is 19.1 Å². The molecule has 7 heteroatoms. The molecule has 0 unspecified atom stereocenters. The molecule has 1 aromatic carbocycles. The number of nitro groups is 1. The third-order valence-electron chi connectivity index (χ3n) is 2.42. The number of ether oxygens (including phenoxy) is 1. The summed E-state index contributed by atoms with van der Waals surface area (Å²) in [6, 6.07) is 5.98. The van der Waals surface area contributed by atoms with Gasteiger partial charge in [0.1, 0.15) is 5.58 Å². The molecule has 0 bridgehead atoms. The topological polar surface area (TPSA) is 99.7 Å². The Kier molecular flexibility index (Phi) is 3.28. The lowest BCUT2D eigenvalue weighted by Gasteiger charge is -2.03. The molecule has 0 spiro atoms. The van der Waals surface area contributed by atoms with Crippen molar-refractivity contribution >= 4 is 22.6 Å². The third-order valence-corrected chi connectivity index (χ3v) is 2.42. The van der Waals surface area contributed by atoms with E-state index in [1.165, 1.54) is 12.1 Å². The number of rotatable bonds is 3. The van der Waals surface area contributed by atoms with E-state index in [9.17, 15) is 19.7 Å². The normalized spacial score (nSPS) is 10.4. The molecule has 0 atom stereocenters. The minimum Gasteiger partial charge on any atom is -0.460 e. The first-order valence-corrected chi connectivity index (χ1v) is 5.43. The summed E-state index contributed by atoms with van der Waals surface area (Å²) < 4.78 is 9.78. The summed E-state index contributed by atoms with van der Waals surface area (Å²) in [4.78, 5) is 33.6. The fraction of sp³-hybridized carbons (Fsp3) is 0.167. The highest BCUT2D eigenvalue weighted by molar-refractivity contribution is 5.93. The van der Waals surface area contributed by atoms with Gasteiger partial charge in [-0.2, -0.15) is 0 Å². The van der Waals surface area contributed by atoms with E-state index in [0.29, 0.717) is 0 Å². The molecule has 0 aliphatic carbocycles. The number of hydrogen-bond acceptors (Lipinski definition) is 6. The molecule has 2 aromatic rings. The second-order valence-corrected chi connectivity index (χ2v) is 3.58. The van der Waals surface area contributed by atoms with Crippen molar-refractivity contribution in [2.24, 2.45) is 0 Å². The molecule has 0 radical (unpaired) electrons. The molecular formula is C12H9NO6. The first kappa shape index (κ1) is 12.7. The fourth-order valence-corrected chi connectivity index (χ4v) is 1.63. The lowest BCUT2D eigenvalue weighted by Crippen LogP contribution is -2.16. The smallest absolute Gasteiger partial charge is 0.381 e. The van der Waals surface area contributed by atoms with E-state index in [1.807, 2.05) is 0 Å². The van der Waals surface area contributed by atoms with Gasteiger partial charge in [0.15, 0.2) is 0 Å². The molecular weight excluding hydrogens is 254 g/mol. The summed E-state index contributed by atoms with van der Waals surface area (Å²) in [5.41, 5.74) is -1.67. The van der Waals surface area contributed by atoms with E-state index >= 15 is 0 Å². The van der Waals surface area contributed by atoms with E-state index in [-0.39, 0.29) is 17.6 Å². The van der Waals surface area contributed by atoms with Gasteiger partial charge in [-0.1, -0.05) is 12.1 Å². The summed E-state index contributed by atoms with van der Waals surface area (Å²) in [6.45, 7) is 1.56. The van der Waals surface area contributed by atoms with Gasteiger partial charge < -0.3 is 9.15 Å². The molecule has 1 heterocycles. The highest BCUT2D eigenvalue weighted by atomic mass is 16.6. The Balaban J connectivity index is 2.82. The lowest BCUT2D eigenvalue weighted by atomic mass is 10.2. The second kappa shape index (κ2) is 4.89. The van der Waals surface area contributed by atoms with Crippen molar-refractivity contribution in [3.8, 4) is 0 Å². The highest BCUT2D eigenvalue weighted by Crippen LogP contribution is 2.21. The molecule has 0 saturated carbocycles. The van der Waals surface area contributed by atoms with Gasteiger partial charge in [-0.05, 0) is 19.1 Å². The van der Waals surface area contributed by atoms with Crippen LogP contribution >= 0.6 is 0 Å². The molecule has 0 aliphatic rings. The molecule has 0 fully saturated rings.